The second-order valence-electron chi connectivity index (χ2n) is 5.48. The molecule has 2 fully saturated rings. The van der Waals surface area contributed by atoms with Crippen LogP contribution in [0.3, 0.4) is 0 Å². The van der Waals surface area contributed by atoms with Gasteiger partial charge >= 0.3 is 0 Å². The lowest BCUT2D eigenvalue weighted by molar-refractivity contribution is 0.428. The van der Waals surface area contributed by atoms with Crippen LogP contribution in [-0.4, -0.2) is 24.1 Å². The quantitative estimate of drug-likeness (QED) is 0.797. The Balaban J connectivity index is 1.74. The monoisotopic (exact) mass is 293 g/mol. The van der Waals surface area contributed by atoms with E-state index in [1.165, 1.54) is 37.3 Å². The Kier molecular flexibility index (Phi) is 2.16. The number of hydrogen-bond donors (Lipinski definition) is 1. The maximum atomic E-state index is 4.61. The minimum atomic E-state index is 0.684. The molecular formula is C13H16BrN3. The van der Waals surface area contributed by atoms with Crippen molar-refractivity contribution in [3.63, 3.8) is 0 Å². The maximum Gasteiger partial charge on any atom is 0.152 e. The molecule has 4 heteroatoms. The molecular weight excluding hydrogens is 278 g/mol. The summed E-state index contributed by atoms with van der Waals surface area (Å²) >= 11 is 3.49. The zero-order valence-corrected chi connectivity index (χ0v) is 11.3. The van der Waals surface area contributed by atoms with Crippen LogP contribution in [0, 0.1) is 11.8 Å². The summed E-state index contributed by atoms with van der Waals surface area (Å²) in [4.78, 5) is 7.15. The van der Waals surface area contributed by atoms with Crippen molar-refractivity contribution in [2.75, 3.05) is 23.3 Å². The number of rotatable bonds is 0. The fraction of sp³-hybridized carbons (Fsp3) is 0.615. The Hall–Kier alpha value is -0.770. The molecule has 0 amide bonds. The van der Waals surface area contributed by atoms with Gasteiger partial charge in [0, 0.05) is 23.8 Å². The predicted octanol–water partition coefficient (Wildman–Crippen LogP) is 2.87. The third-order valence-electron chi connectivity index (χ3n) is 4.65. The molecule has 3 heterocycles. The van der Waals surface area contributed by atoms with Gasteiger partial charge in [0.25, 0.3) is 0 Å². The van der Waals surface area contributed by atoms with Crippen molar-refractivity contribution in [2.24, 2.45) is 11.8 Å². The maximum absolute atomic E-state index is 4.61. The van der Waals surface area contributed by atoms with Gasteiger partial charge < -0.3 is 10.2 Å². The summed E-state index contributed by atoms with van der Waals surface area (Å²) in [6.45, 7) is 2.31. The van der Waals surface area contributed by atoms with E-state index in [0.29, 0.717) is 6.04 Å². The van der Waals surface area contributed by atoms with Gasteiger partial charge in [-0.25, -0.2) is 4.98 Å². The van der Waals surface area contributed by atoms with Crippen molar-refractivity contribution < 1.29 is 0 Å². The number of nitrogens with one attached hydrogen (secondary N) is 1. The number of anilines is 2. The average molecular weight is 294 g/mol. The van der Waals surface area contributed by atoms with E-state index in [-0.39, 0.29) is 0 Å². The molecule has 1 aromatic rings. The molecule has 3 nitrogen and oxygen atoms in total. The van der Waals surface area contributed by atoms with Gasteiger partial charge in [0.15, 0.2) is 5.82 Å². The lowest BCUT2D eigenvalue weighted by Gasteiger charge is -2.35. The van der Waals surface area contributed by atoms with Gasteiger partial charge in [0.05, 0.1) is 11.7 Å². The Bertz CT molecular complexity index is 462. The molecule has 1 N–H and O–H groups in total. The standard InChI is InChI=1S/C13H16BrN3/c14-9-4-11-13(16-5-9)17-7-8-2-1-3-10(8)12(17)6-15-11/h4-5,8,10,12,15H,1-3,6-7H2. The molecule has 0 radical (unpaired) electrons. The normalized spacial score (nSPS) is 33.9. The Morgan fingerprint density at radius 2 is 2.35 bits per heavy atom. The Morgan fingerprint density at radius 3 is 3.29 bits per heavy atom. The highest BCUT2D eigenvalue weighted by molar-refractivity contribution is 9.10. The second-order valence-corrected chi connectivity index (χ2v) is 6.40. The average Bonchev–Trinajstić information content (AvgIpc) is 2.88. The lowest BCUT2D eigenvalue weighted by Crippen LogP contribution is -2.42. The van der Waals surface area contributed by atoms with Crippen molar-refractivity contribution >= 4 is 27.4 Å². The molecule has 90 valence electrons. The van der Waals surface area contributed by atoms with E-state index in [2.05, 4.69) is 37.2 Å². The summed E-state index contributed by atoms with van der Waals surface area (Å²) in [6, 6.07) is 2.83. The summed E-state index contributed by atoms with van der Waals surface area (Å²) in [5.74, 6) is 2.98. The first-order valence-corrected chi connectivity index (χ1v) is 7.28. The minimum Gasteiger partial charge on any atom is -0.380 e. The number of aromatic nitrogens is 1. The van der Waals surface area contributed by atoms with Crippen LogP contribution in [0.4, 0.5) is 11.5 Å². The zero-order chi connectivity index (χ0) is 11.4. The molecule has 3 aliphatic rings. The van der Waals surface area contributed by atoms with Gasteiger partial charge in [-0.05, 0) is 46.7 Å². The molecule has 0 spiro atoms. The SMILES string of the molecule is Brc1cnc2c(c1)NCC1C3CCCC3CN21. The van der Waals surface area contributed by atoms with Crippen molar-refractivity contribution in [1.29, 1.82) is 0 Å². The lowest BCUT2D eigenvalue weighted by atomic mass is 9.93. The van der Waals surface area contributed by atoms with Crippen LogP contribution in [0.2, 0.25) is 0 Å². The minimum absolute atomic E-state index is 0.684. The molecule has 2 aliphatic heterocycles. The van der Waals surface area contributed by atoms with Crippen molar-refractivity contribution in [2.45, 2.75) is 25.3 Å². The van der Waals surface area contributed by atoms with Crippen LogP contribution < -0.4 is 10.2 Å². The van der Waals surface area contributed by atoms with E-state index in [1.54, 1.807) is 0 Å². The summed E-state index contributed by atoms with van der Waals surface area (Å²) in [6.07, 6.45) is 6.18. The van der Waals surface area contributed by atoms with E-state index in [0.717, 1.165) is 22.9 Å². The van der Waals surface area contributed by atoms with Gasteiger partial charge in [-0.3, -0.25) is 0 Å². The molecule has 17 heavy (non-hydrogen) atoms. The summed E-state index contributed by atoms with van der Waals surface area (Å²) < 4.78 is 1.06. The number of hydrogen-bond acceptors (Lipinski definition) is 3. The summed E-state index contributed by atoms with van der Waals surface area (Å²) in [7, 11) is 0. The van der Waals surface area contributed by atoms with Gasteiger partial charge in [0.2, 0.25) is 0 Å². The third-order valence-corrected chi connectivity index (χ3v) is 5.08. The van der Waals surface area contributed by atoms with Crippen molar-refractivity contribution in [1.82, 2.24) is 4.98 Å². The summed E-state index contributed by atoms with van der Waals surface area (Å²) in [5.41, 5.74) is 1.19. The van der Waals surface area contributed by atoms with Crippen molar-refractivity contribution in [3.05, 3.63) is 16.7 Å². The number of fused-ring (bicyclic) bond motifs is 5. The summed E-state index contributed by atoms with van der Waals surface area (Å²) in [5, 5.41) is 3.55. The van der Waals surface area contributed by atoms with E-state index in [4.69, 9.17) is 0 Å². The van der Waals surface area contributed by atoms with Crippen molar-refractivity contribution in [3.8, 4) is 0 Å². The Morgan fingerprint density at radius 1 is 1.41 bits per heavy atom. The number of nitrogens with zero attached hydrogens (tertiary/aromatic N) is 2. The smallest absolute Gasteiger partial charge is 0.152 e. The zero-order valence-electron chi connectivity index (χ0n) is 9.69. The Labute approximate surface area is 110 Å². The van der Waals surface area contributed by atoms with Crippen LogP contribution in [0.25, 0.3) is 0 Å². The fourth-order valence-electron chi connectivity index (χ4n) is 3.93. The van der Waals surface area contributed by atoms with Crippen LogP contribution in [0.1, 0.15) is 19.3 Å². The largest absolute Gasteiger partial charge is 0.380 e. The number of halogens is 1. The van der Waals surface area contributed by atoms with Gasteiger partial charge in [0.1, 0.15) is 0 Å². The van der Waals surface area contributed by atoms with Crippen LogP contribution >= 0.6 is 15.9 Å². The molecule has 1 saturated heterocycles. The second kappa shape index (κ2) is 3.61. The van der Waals surface area contributed by atoms with E-state index in [9.17, 15) is 0 Å². The van der Waals surface area contributed by atoms with E-state index < -0.39 is 0 Å². The van der Waals surface area contributed by atoms with Crippen LogP contribution in [0.15, 0.2) is 16.7 Å². The molecule has 0 aromatic carbocycles. The molecule has 3 atom stereocenters. The van der Waals surface area contributed by atoms with Gasteiger partial charge in [-0.1, -0.05) is 6.42 Å². The van der Waals surface area contributed by atoms with Gasteiger partial charge in [-0.15, -0.1) is 0 Å². The van der Waals surface area contributed by atoms with E-state index >= 15 is 0 Å². The fourth-order valence-corrected chi connectivity index (χ4v) is 4.26. The van der Waals surface area contributed by atoms with Crippen LogP contribution in [0.5, 0.6) is 0 Å². The predicted molar refractivity (Wildman–Crippen MR) is 72.4 cm³/mol. The highest BCUT2D eigenvalue weighted by Crippen LogP contribution is 2.46. The van der Waals surface area contributed by atoms with E-state index in [1.807, 2.05) is 6.20 Å². The third kappa shape index (κ3) is 1.43. The first-order chi connectivity index (χ1) is 8.33. The highest BCUT2D eigenvalue weighted by atomic mass is 79.9. The first-order valence-electron chi connectivity index (χ1n) is 6.49. The molecule has 1 saturated carbocycles. The number of pyridine rings is 1. The molecule has 0 bridgehead atoms. The molecule has 1 aromatic heterocycles. The van der Waals surface area contributed by atoms with Crippen LogP contribution in [-0.2, 0) is 0 Å². The molecule has 4 rings (SSSR count). The molecule has 1 aliphatic carbocycles. The topological polar surface area (TPSA) is 28.2 Å². The van der Waals surface area contributed by atoms with Gasteiger partial charge in [-0.2, -0.15) is 0 Å². The molecule has 3 unspecified atom stereocenters. The first kappa shape index (κ1) is 10.2. The highest BCUT2D eigenvalue weighted by Gasteiger charge is 2.46.